The normalized spacial score (nSPS) is 30.5. The van der Waals surface area contributed by atoms with Crippen LogP contribution in [0, 0.1) is 5.41 Å². The highest BCUT2D eigenvalue weighted by molar-refractivity contribution is 4.91. The number of likely N-dealkylation sites (tertiary alicyclic amines) is 1. The van der Waals surface area contributed by atoms with Gasteiger partial charge in [-0.2, -0.15) is 0 Å². The van der Waals surface area contributed by atoms with Crippen molar-refractivity contribution < 1.29 is 0 Å². The molecule has 0 aromatic rings. The van der Waals surface area contributed by atoms with E-state index in [4.69, 9.17) is 0 Å². The molecular formula is C16H32N2. The first-order valence-corrected chi connectivity index (χ1v) is 8.16. The van der Waals surface area contributed by atoms with Crippen LogP contribution in [0.4, 0.5) is 0 Å². The first-order valence-electron chi connectivity index (χ1n) is 8.16. The van der Waals surface area contributed by atoms with Gasteiger partial charge in [0, 0.05) is 18.6 Å². The lowest BCUT2D eigenvalue weighted by Gasteiger charge is -2.33. The summed E-state index contributed by atoms with van der Waals surface area (Å²) in [6.45, 7) is 11.1. The first kappa shape index (κ1) is 14.3. The van der Waals surface area contributed by atoms with E-state index in [0.29, 0.717) is 5.41 Å². The van der Waals surface area contributed by atoms with Crippen LogP contribution < -0.4 is 5.32 Å². The number of nitrogens with zero attached hydrogens (tertiary/aromatic N) is 1. The van der Waals surface area contributed by atoms with Crippen LogP contribution in [0.5, 0.6) is 0 Å². The molecule has 0 amide bonds. The molecule has 0 bridgehead atoms. The molecule has 0 aromatic carbocycles. The molecule has 106 valence electrons. The summed E-state index contributed by atoms with van der Waals surface area (Å²) in [4.78, 5) is 2.75. The molecule has 2 fully saturated rings. The molecule has 2 aliphatic rings. The molecule has 2 rings (SSSR count). The molecule has 2 aliphatic heterocycles. The molecular weight excluding hydrogens is 220 g/mol. The lowest BCUT2D eigenvalue weighted by Crippen LogP contribution is -2.41. The molecule has 0 radical (unpaired) electrons. The van der Waals surface area contributed by atoms with E-state index in [1.807, 2.05) is 0 Å². The van der Waals surface area contributed by atoms with Gasteiger partial charge in [0.15, 0.2) is 0 Å². The zero-order chi connectivity index (χ0) is 13.0. The number of hydrogen-bond donors (Lipinski definition) is 1. The Morgan fingerprint density at radius 2 is 2.06 bits per heavy atom. The third-order valence-corrected chi connectivity index (χ3v) is 5.63. The van der Waals surface area contributed by atoms with Gasteiger partial charge in [0.1, 0.15) is 0 Å². The zero-order valence-electron chi connectivity index (χ0n) is 12.7. The Bertz CT molecular complexity index is 241. The van der Waals surface area contributed by atoms with Crippen LogP contribution in [0.1, 0.15) is 65.7 Å². The van der Waals surface area contributed by atoms with Crippen LogP contribution in [0.25, 0.3) is 0 Å². The van der Waals surface area contributed by atoms with Crippen molar-refractivity contribution in [3.05, 3.63) is 0 Å². The summed E-state index contributed by atoms with van der Waals surface area (Å²) >= 11 is 0. The number of piperidine rings is 1. The van der Waals surface area contributed by atoms with Crippen molar-refractivity contribution in [1.82, 2.24) is 10.2 Å². The Labute approximate surface area is 114 Å². The molecule has 0 aromatic heterocycles. The molecule has 0 saturated carbocycles. The van der Waals surface area contributed by atoms with Gasteiger partial charge >= 0.3 is 0 Å². The zero-order valence-corrected chi connectivity index (χ0v) is 12.7. The topological polar surface area (TPSA) is 15.3 Å². The molecule has 18 heavy (non-hydrogen) atoms. The molecule has 0 spiro atoms. The summed E-state index contributed by atoms with van der Waals surface area (Å²) in [5, 5.41) is 3.70. The maximum absolute atomic E-state index is 3.70. The van der Waals surface area contributed by atoms with Gasteiger partial charge < -0.3 is 10.2 Å². The lowest BCUT2D eigenvalue weighted by atomic mass is 9.82. The summed E-state index contributed by atoms with van der Waals surface area (Å²) in [6.07, 6.45) is 9.68. The Morgan fingerprint density at radius 1 is 1.28 bits per heavy atom. The predicted octanol–water partition coefficient (Wildman–Crippen LogP) is 3.42. The second kappa shape index (κ2) is 6.38. The van der Waals surface area contributed by atoms with Gasteiger partial charge in [-0.1, -0.05) is 20.3 Å². The van der Waals surface area contributed by atoms with Crippen LogP contribution in [0.2, 0.25) is 0 Å². The van der Waals surface area contributed by atoms with Crippen molar-refractivity contribution >= 4 is 0 Å². The van der Waals surface area contributed by atoms with E-state index in [1.54, 1.807) is 0 Å². The minimum atomic E-state index is 0.633. The molecule has 2 atom stereocenters. The van der Waals surface area contributed by atoms with Gasteiger partial charge in [0.2, 0.25) is 0 Å². The van der Waals surface area contributed by atoms with Crippen LogP contribution in [-0.2, 0) is 0 Å². The highest BCUT2D eigenvalue weighted by Crippen LogP contribution is 2.38. The molecule has 2 heterocycles. The SMILES string of the molecule is CCC1(CC)CCN(C(C)CC2CCCCN2)C1. The molecule has 0 aliphatic carbocycles. The maximum atomic E-state index is 3.70. The Balaban J connectivity index is 1.81. The highest BCUT2D eigenvalue weighted by atomic mass is 15.2. The second-order valence-corrected chi connectivity index (χ2v) is 6.66. The fourth-order valence-electron chi connectivity index (χ4n) is 3.86. The van der Waals surface area contributed by atoms with E-state index in [1.165, 1.54) is 64.6 Å². The third-order valence-electron chi connectivity index (χ3n) is 5.63. The second-order valence-electron chi connectivity index (χ2n) is 6.66. The van der Waals surface area contributed by atoms with E-state index in [0.717, 1.165) is 12.1 Å². The Morgan fingerprint density at radius 3 is 2.61 bits per heavy atom. The van der Waals surface area contributed by atoms with Crippen molar-refractivity contribution in [3.8, 4) is 0 Å². The number of hydrogen-bond acceptors (Lipinski definition) is 2. The van der Waals surface area contributed by atoms with Crippen LogP contribution >= 0.6 is 0 Å². The van der Waals surface area contributed by atoms with Crippen LogP contribution in [0.3, 0.4) is 0 Å². The van der Waals surface area contributed by atoms with Crippen molar-refractivity contribution in [2.75, 3.05) is 19.6 Å². The first-order chi connectivity index (χ1) is 8.69. The third kappa shape index (κ3) is 3.27. The fourth-order valence-corrected chi connectivity index (χ4v) is 3.86. The highest BCUT2D eigenvalue weighted by Gasteiger charge is 2.36. The molecule has 2 nitrogen and oxygen atoms in total. The number of rotatable bonds is 5. The minimum Gasteiger partial charge on any atom is -0.314 e. The summed E-state index contributed by atoms with van der Waals surface area (Å²) in [6, 6.07) is 1.55. The van der Waals surface area contributed by atoms with Gasteiger partial charge in [-0.3, -0.25) is 0 Å². The van der Waals surface area contributed by atoms with Gasteiger partial charge in [-0.15, -0.1) is 0 Å². The lowest BCUT2D eigenvalue weighted by molar-refractivity contribution is 0.180. The van der Waals surface area contributed by atoms with E-state index in [9.17, 15) is 0 Å². The van der Waals surface area contributed by atoms with Gasteiger partial charge in [0.05, 0.1) is 0 Å². The maximum Gasteiger partial charge on any atom is 0.00819 e. The Hall–Kier alpha value is -0.0800. The standard InChI is InChI=1S/C16H32N2/c1-4-16(5-2)9-11-18(13-16)14(3)12-15-8-6-7-10-17-15/h14-15,17H,4-13H2,1-3H3. The van der Waals surface area contributed by atoms with E-state index < -0.39 is 0 Å². The smallest absolute Gasteiger partial charge is 0.00819 e. The van der Waals surface area contributed by atoms with Crippen molar-refractivity contribution in [3.63, 3.8) is 0 Å². The van der Waals surface area contributed by atoms with E-state index in [2.05, 4.69) is 31.0 Å². The van der Waals surface area contributed by atoms with Gasteiger partial charge in [-0.05, 0) is 64.0 Å². The fraction of sp³-hybridized carbons (Fsp3) is 1.00. The van der Waals surface area contributed by atoms with Crippen LogP contribution in [-0.4, -0.2) is 36.6 Å². The quantitative estimate of drug-likeness (QED) is 0.806. The van der Waals surface area contributed by atoms with Gasteiger partial charge in [-0.25, -0.2) is 0 Å². The van der Waals surface area contributed by atoms with Crippen molar-refractivity contribution in [1.29, 1.82) is 0 Å². The molecule has 2 unspecified atom stereocenters. The van der Waals surface area contributed by atoms with E-state index in [-0.39, 0.29) is 0 Å². The summed E-state index contributed by atoms with van der Waals surface area (Å²) in [5.41, 5.74) is 0.633. The minimum absolute atomic E-state index is 0.633. The predicted molar refractivity (Wildman–Crippen MR) is 78.9 cm³/mol. The van der Waals surface area contributed by atoms with Gasteiger partial charge in [0.25, 0.3) is 0 Å². The largest absolute Gasteiger partial charge is 0.314 e. The average molecular weight is 252 g/mol. The summed E-state index contributed by atoms with van der Waals surface area (Å²) < 4.78 is 0. The average Bonchev–Trinajstić information content (AvgIpc) is 2.85. The van der Waals surface area contributed by atoms with Crippen molar-refractivity contribution in [2.24, 2.45) is 5.41 Å². The van der Waals surface area contributed by atoms with Crippen molar-refractivity contribution in [2.45, 2.75) is 77.8 Å². The number of nitrogens with one attached hydrogen (secondary N) is 1. The van der Waals surface area contributed by atoms with Crippen LogP contribution in [0.15, 0.2) is 0 Å². The van der Waals surface area contributed by atoms with E-state index >= 15 is 0 Å². The Kier molecular flexibility index (Phi) is 5.08. The monoisotopic (exact) mass is 252 g/mol. The summed E-state index contributed by atoms with van der Waals surface area (Å²) in [5.74, 6) is 0. The molecule has 2 heteroatoms. The molecule has 1 N–H and O–H groups in total. The molecule has 2 saturated heterocycles. The summed E-state index contributed by atoms with van der Waals surface area (Å²) in [7, 11) is 0.